The van der Waals surface area contributed by atoms with Crippen LogP contribution in [0, 0.1) is 11.2 Å². The SMILES string of the molecule is COCC1(CNC(=O)Cc2coc(-c3ccc(F)cc3)n2)CCNCC1.Cl.Cl. The number of halogens is 3. The van der Waals surface area contributed by atoms with Crippen molar-refractivity contribution in [3.05, 3.63) is 42.0 Å². The summed E-state index contributed by atoms with van der Waals surface area (Å²) in [6.45, 7) is 3.09. The van der Waals surface area contributed by atoms with Crippen LogP contribution in [0.4, 0.5) is 4.39 Å². The molecule has 2 N–H and O–H groups in total. The van der Waals surface area contributed by atoms with E-state index in [9.17, 15) is 9.18 Å². The number of methoxy groups -OCH3 is 1. The number of nitrogens with zero attached hydrogens (tertiary/aromatic N) is 1. The Labute approximate surface area is 176 Å². The molecule has 0 aliphatic carbocycles. The predicted molar refractivity (Wildman–Crippen MR) is 110 cm³/mol. The normalized spacial score (nSPS) is 15.2. The molecule has 0 bridgehead atoms. The summed E-state index contributed by atoms with van der Waals surface area (Å²) in [4.78, 5) is 16.6. The van der Waals surface area contributed by atoms with Crippen LogP contribution in [0.2, 0.25) is 0 Å². The van der Waals surface area contributed by atoms with Gasteiger partial charge in [0.1, 0.15) is 12.1 Å². The van der Waals surface area contributed by atoms with E-state index in [0.29, 0.717) is 30.3 Å². The van der Waals surface area contributed by atoms with Gasteiger partial charge in [-0.2, -0.15) is 0 Å². The number of hydrogen-bond acceptors (Lipinski definition) is 5. The summed E-state index contributed by atoms with van der Waals surface area (Å²) < 4.78 is 23.8. The van der Waals surface area contributed by atoms with Gasteiger partial charge in [-0.25, -0.2) is 9.37 Å². The first-order chi connectivity index (χ1) is 12.6. The minimum atomic E-state index is -0.317. The summed E-state index contributed by atoms with van der Waals surface area (Å²) in [5, 5.41) is 6.34. The lowest BCUT2D eigenvalue weighted by molar-refractivity contribution is -0.121. The molecule has 0 unspecified atom stereocenters. The van der Waals surface area contributed by atoms with Crippen molar-refractivity contribution in [3.63, 3.8) is 0 Å². The smallest absolute Gasteiger partial charge is 0.226 e. The number of ether oxygens (including phenoxy) is 1. The number of hydrogen-bond donors (Lipinski definition) is 2. The third-order valence-electron chi connectivity index (χ3n) is 4.76. The molecule has 0 radical (unpaired) electrons. The van der Waals surface area contributed by atoms with E-state index in [4.69, 9.17) is 9.15 Å². The molecule has 1 aliphatic heterocycles. The molecule has 3 rings (SSSR count). The highest BCUT2D eigenvalue weighted by atomic mass is 35.5. The quantitative estimate of drug-likeness (QED) is 0.701. The number of oxazole rings is 1. The fourth-order valence-electron chi connectivity index (χ4n) is 3.26. The number of carbonyl (C=O) groups excluding carboxylic acids is 1. The summed E-state index contributed by atoms with van der Waals surface area (Å²) in [5.41, 5.74) is 1.21. The zero-order valence-electron chi connectivity index (χ0n) is 15.7. The van der Waals surface area contributed by atoms with Gasteiger partial charge in [0.05, 0.1) is 18.7 Å². The van der Waals surface area contributed by atoms with Crippen molar-refractivity contribution in [2.24, 2.45) is 5.41 Å². The Bertz CT molecular complexity index is 729. The maximum absolute atomic E-state index is 13.0. The van der Waals surface area contributed by atoms with Gasteiger partial charge in [-0.05, 0) is 50.2 Å². The van der Waals surface area contributed by atoms with Crippen LogP contribution in [0.25, 0.3) is 11.5 Å². The van der Waals surface area contributed by atoms with Crippen LogP contribution in [-0.2, 0) is 16.0 Å². The topological polar surface area (TPSA) is 76.4 Å². The van der Waals surface area contributed by atoms with Crippen LogP contribution in [0.1, 0.15) is 18.5 Å². The lowest BCUT2D eigenvalue weighted by Crippen LogP contribution is -2.47. The van der Waals surface area contributed by atoms with Gasteiger partial charge in [-0.1, -0.05) is 0 Å². The predicted octanol–water partition coefficient (Wildman–Crippen LogP) is 3.00. The number of piperidine rings is 1. The summed E-state index contributed by atoms with van der Waals surface area (Å²) >= 11 is 0. The molecule has 0 atom stereocenters. The molecule has 1 aliphatic rings. The molecule has 2 heterocycles. The van der Waals surface area contributed by atoms with Gasteiger partial charge in [-0.15, -0.1) is 24.8 Å². The van der Waals surface area contributed by atoms with Crippen LogP contribution in [0.15, 0.2) is 34.9 Å². The zero-order chi connectivity index (χ0) is 18.4. The van der Waals surface area contributed by atoms with E-state index in [1.54, 1.807) is 19.2 Å². The van der Waals surface area contributed by atoms with Crippen molar-refractivity contribution in [2.75, 3.05) is 33.4 Å². The second-order valence-corrected chi connectivity index (χ2v) is 6.79. The molecular weight excluding hydrogens is 408 g/mol. The highest BCUT2D eigenvalue weighted by Gasteiger charge is 2.32. The Morgan fingerprint density at radius 3 is 2.61 bits per heavy atom. The summed E-state index contributed by atoms with van der Waals surface area (Å²) in [6, 6.07) is 5.88. The van der Waals surface area contributed by atoms with Gasteiger partial charge in [0.2, 0.25) is 11.8 Å². The Balaban J connectivity index is 0.00000196. The van der Waals surface area contributed by atoms with E-state index in [0.717, 1.165) is 25.9 Å². The Hall–Kier alpha value is -1.67. The third kappa shape index (κ3) is 6.44. The minimum absolute atomic E-state index is 0. The molecule has 156 valence electrons. The number of rotatable bonds is 7. The van der Waals surface area contributed by atoms with Crippen molar-refractivity contribution in [1.29, 1.82) is 0 Å². The van der Waals surface area contributed by atoms with Gasteiger partial charge in [0, 0.05) is 24.6 Å². The molecule has 1 fully saturated rings. The maximum atomic E-state index is 13.0. The molecule has 1 amide bonds. The van der Waals surface area contributed by atoms with Gasteiger partial charge < -0.3 is 19.8 Å². The van der Waals surface area contributed by atoms with Gasteiger partial charge in [0.15, 0.2) is 0 Å². The minimum Gasteiger partial charge on any atom is -0.444 e. The molecule has 0 spiro atoms. The molecule has 0 saturated carbocycles. The fraction of sp³-hybridized carbons (Fsp3) is 0.474. The third-order valence-corrected chi connectivity index (χ3v) is 4.76. The van der Waals surface area contributed by atoms with Crippen LogP contribution in [0.5, 0.6) is 0 Å². The Morgan fingerprint density at radius 1 is 1.29 bits per heavy atom. The fourth-order valence-corrected chi connectivity index (χ4v) is 3.26. The van der Waals surface area contributed by atoms with Crippen LogP contribution >= 0.6 is 24.8 Å². The van der Waals surface area contributed by atoms with E-state index in [1.165, 1.54) is 18.4 Å². The number of carbonyl (C=O) groups is 1. The number of nitrogens with one attached hydrogen (secondary N) is 2. The monoisotopic (exact) mass is 433 g/mol. The van der Waals surface area contributed by atoms with E-state index in [2.05, 4.69) is 15.6 Å². The molecule has 2 aromatic rings. The lowest BCUT2D eigenvalue weighted by atomic mass is 9.79. The summed E-state index contributed by atoms with van der Waals surface area (Å²) in [7, 11) is 1.69. The maximum Gasteiger partial charge on any atom is 0.226 e. The van der Waals surface area contributed by atoms with Gasteiger partial charge >= 0.3 is 0 Å². The van der Waals surface area contributed by atoms with Crippen LogP contribution in [0.3, 0.4) is 0 Å². The highest BCUT2D eigenvalue weighted by molar-refractivity contribution is 5.85. The van der Waals surface area contributed by atoms with Crippen molar-refractivity contribution in [3.8, 4) is 11.5 Å². The number of aromatic nitrogens is 1. The average molecular weight is 434 g/mol. The molecule has 6 nitrogen and oxygen atoms in total. The largest absolute Gasteiger partial charge is 0.444 e. The molecule has 1 aromatic heterocycles. The van der Waals surface area contributed by atoms with Crippen LogP contribution < -0.4 is 10.6 Å². The standard InChI is InChI=1S/C19H24FN3O3.2ClH/c1-25-13-19(6-8-21-9-7-19)12-22-17(24)10-16-11-26-18(23-16)14-2-4-15(20)5-3-14;;/h2-5,11,21H,6-10,12-13H2,1H3,(H,22,24);2*1H. The van der Waals surface area contributed by atoms with Crippen molar-refractivity contribution < 1.29 is 18.3 Å². The van der Waals surface area contributed by atoms with E-state index >= 15 is 0 Å². The van der Waals surface area contributed by atoms with Gasteiger partial charge in [-0.3, -0.25) is 4.79 Å². The molecule has 1 aromatic carbocycles. The van der Waals surface area contributed by atoms with E-state index in [1.807, 2.05) is 0 Å². The Kier molecular flexibility index (Phi) is 9.89. The second-order valence-electron chi connectivity index (χ2n) is 6.79. The van der Waals surface area contributed by atoms with Crippen molar-refractivity contribution >= 4 is 30.7 Å². The summed E-state index contributed by atoms with van der Waals surface area (Å²) in [6.07, 6.45) is 3.55. The average Bonchev–Trinajstić information content (AvgIpc) is 3.10. The summed E-state index contributed by atoms with van der Waals surface area (Å²) in [5.74, 6) is -0.0391. The van der Waals surface area contributed by atoms with Gasteiger partial charge in [0.25, 0.3) is 0 Å². The van der Waals surface area contributed by atoms with E-state index < -0.39 is 0 Å². The first-order valence-corrected chi connectivity index (χ1v) is 8.77. The van der Waals surface area contributed by atoms with Crippen molar-refractivity contribution in [2.45, 2.75) is 19.3 Å². The molecule has 28 heavy (non-hydrogen) atoms. The zero-order valence-corrected chi connectivity index (χ0v) is 17.3. The van der Waals surface area contributed by atoms with E-state index in [-0.39, 0.29) is 48.4 Å². The Morgan fingerprint density at radius 2 is 1.96 bits per heavy atom. The molecular formula is C19H26Cl2FN3O3. The lowest BCUT2D eigenvalue weighted by Gasteiger charge is -2.37. The number of benzene rings is 1. The second kappa shape index (κ2) is 11.4. The highest BCUT2D eigenvalue weighted by Crippen LogP contribution is 2.28. The molecule has 1 saturated heterocycles. The number of amides is 1. The van der Waals surface area contributed by atoms with Crippen LogP contribution in [-0.4, -0.2) is 44.2 Å². The first kappa shape index (κ1) is 24.4. The van der Waals surface area contributed by atoms with Crippen molar-refractivity contribution in [1.82, 2.24) is 15.6 Å². The molecule has 9 heteroatoms. The first-order valence-electron chi connectivity index (χ1n) is 8.77.